The Hall–Kier alpha value is -1.66. The third-order valence-corrected chi connectivity index (χ3v) is 6.78. The molecule has 0 aliphatic heterocycles. The van der Waals surface area contributed by atoms with E-state index in [4.69, 9.17) is 0 Å². The smallest absolute Gasteiger partial charge is 0.216 e. The Labute approximate surface area is 135 Å². The Morgan fingerprint density at radius 2 is 2.00 bits per heavy atom. The van der Waals surface area contributed by atoms with Crippen molar-refractivity contribution in [2.24, 2.45) is 0 Å². The van der Waals surface area contributed by atoms with E-state index in [-0.39, 0.29) is 12.5 Å². The van der Waals surface area contributed by atoms with Crippen LogP contribution in [0.25, 0.3) is 0 Å². The average Bonchev–Trinajstić information content (AvgIpc) is 2.95. The molecule has 2 rings (SSSR count). The number of hydrogen-bond donors (Lipinski definition) is 1. The van der Waals surface area contributed by atoms with Gasteiger partial charge in [-0.25, -0.2) is 8.42 Å². The molecule has 0 aliphatic rings. The molecule has 2 aromatic rings. The summed E-state index contributed by atoms with van der Waals surface area (Å²) in [6, 6.07) is 9.01. The third-order valence-electron chi connectivity index (χ3n) is 3.42. The maximum absolute atomic E-state index is 13.1. The molecule has 1 atom stereocenters. The van der Waals surface area contributed by atoms with Crippen molar-refractivity contribution in [3.05, 3.63) is 51.7 Å². The van der Waals surface area contributed by atoms with Crippen LogP contribution in [0.5, 0.6) is 0 Å². The number of sulfone groups is 1. The van der Waals surface area contributed by atoms with Gasteiger partial charge in [0.2, 0.25) is 5.91 Å². The van der Waals surface area contributed by atoms with Gasteiger partial charge in [0, 0.05) is 18.3 Å². The zero-order chi connectivity index (χ0) is 16.3. The molecule has 1 aromatic carbocycles. The van der Waals surface area contributed by atoms with Gasteiger partial charge in [-0.3, -0.25) is 4.79 Å². The molecule has 6 heteroatoms. The Kier molecular flexibility index (Phi) is 5.03. The SMILES string of the molecule is CC(=O)NC[C@@H](c1cccs1)S(=O)(=O)c1cc(C)ccc1C. The Morgan fingerprint density at radius 3 is 2.59 bits per heavy atom. The summed E-state index contributed by atoms with van der Waals surface area (Å²) in [6.07, 6.45) is 0. The molecule has 0 aliphatic carbocycles. The molecule has 4 nitrogen and oxygen atoms in total. The van der Waals surface area contributed by atoms with Gasteiger partial charge in [0.05, 0.1) is 4.90 Å². The minimum Gasteiger partial charge on any atom is -0.355 e. The van der Waals surface area contributed by atoms with E-state index >= 15 is 0 Å². The zero-order valence-corrected chi connectivity index (χ0v) is 14.4. The van der Waals surface area contributed by atoms with Crippen LogP contribution in [0.3, 0.4) is 0 Å². The van der Waals surface area contributed by atoms with Gasteiger partial charge >= 0.3 is 0 Å². The summed E-state index contributed by atoms with van der Waals surface area (Å²) >= 11 is 1.38. The monoisotopic (exact) mass is 337 g/mol. The van der Waals surface area contributed by atoms with Crippen molar-refractivity contribution in [1.29, 1.82) is 0 Å². The zero-order valence-electron chi connectivity index (χ0n) is 12.8. The van der Waals surface area contributed by atoms with E-state index in [2.05, 4.69) is 5.32 Å². The molecule has 0 bridgehead atoms. The van der Waals surface area contributed by atoms with Crippen LogP contribution in [0.2, 0.25) is 0 Å². The van der Waals surface area contributed by atoms with Crippen LogP contribution in [-0.4, -0.2) is 20.9 Å². The van der Waals surface area contributed by atoms with E-state index in [0.717, 1.165) is 16.0 Å². The standard InChI is InChI=1S/C16H19NO3S2/c1-11-6-7-12(2)15(9-11)22(19,20)16(10-17-13(3)18)14-5-4-8-21-14/h4-9,16H,10H2,1-3H3,(H,17,18)/t16-/m0/s1. The summed E-state index contributed by atoms with van der Waals surface area (Å²) in [5.41, 5.74) is 1.61. The Morgan fingerprint density at radius 1 is 1.27 bits per heavy atom. The summed E-state index contributed by atoms with van der Waals surface area (Å²) in [6.45, 7) is 5.12. The van der Waals surface area contributed by atoms with Crippen molar-refractivity contribution in [2.75, 3.05) is 6.54 Å². The highest BCUT2D eigenvalue weighted by Crippen LogP contribution is 2.33. The summed E-state index contributed by atoms with van der Waals surface area (Å²) in [5.74, 6) is -0.238. The number of hydrogen-bond acceptors (Lipinski definition) is 4. The lowest BCUT2D eigenvalue weighted by atomic mass is 10.2. The van der Waals surface area contributed by atoms with Crippen molar-refractivity contribution in [2.45, 2.75) is 30.9 Å². The Bertz CT molecular complexity index is 765. The molecule has 0 saturated heterocycles. The van der Waals surface area contributed by atoms with Gasteiger partial charge < -0.3 is 5.32 Å². The van der Waals surface area contributed by atoms with Gasteiger partial charge in [-0.15, -0.1) is 11.3 Å². The van der Waals surface area contributed by atoms with Gasteiger partial charge in [-0.05, 0) is 42.5 Å². The number of amides is 1. The third kappa shape index (κ3) is 3.56. The molecule has 22 heavy (non-hydrogen) atoms. The molecule has 0 fully saturated rings. The predicted molar refractivity (Wildman–Crippen MR) is 88.8 cm³/mol. The van der Waals surface area contributed by atoms with Crippen LogP contribution in [0.1, 0.15) is 28.2 Å². The van der Waals surface area contributed by atoms with Crippen LogP contribution in [0.4, 0.5) is 0 Å². The number of benzene rings is 1. The highest BCUT2D eigenvalue weighted by Gasteiger charge is 2.31. The molecule has 1 heterocycles. The van der Waals surface area contributed by atoms with Crippen LogP contribution < -0.4 is 5.32 Å². The molecule has 0 saturated carbocycles. The first kappa shape index (κ1) is 16.7. The molecular weight excluding hydrogens is 318 g/mol. The van der Waals surface area contributed by atoms with Crippen LogP contribution in [-0.2, 0) is 14.6 Å². The topological polar surface area (TPSA) is 63.2 Å². The molecule has 0 spiro atoms. The Balaban J connectivity index is 2.49. The molecule has 0 radical (unpaired) electrons. The maximum atomic E-state index is 13.1. The summed E-state index contributed by atoms with van der Waals surface area (Å²) in [5, 5.41) is 3.71. The van der Waals surface area contributed by atoms with Crippen molar-refractivity contribution in [1.82, 2.24) is 5.32 Å². The van der Waals surface area contributed by atoms with Crippen LogP contribution in [0, 0.1) is 13.8 Å². The highest BCUT2D eigenvalue weighted by molar-refractivity contribution is 7.92. The van der Waals surface area contributed by atoms with Crippen LogP contribution >= 0.6 is 11.3 Å². The molecule has 0 unspecified atom stereocenters. The van der Waals surface area contributed by atoms with Gasteiger partial charge in [0.25, 0.3) is 0 Å². The quantitative estimate of drug-likeness (QED) is 0.912. The van der Waals surface area contributed by atoms with Crippen molar-refractivity contribution in [3.63, 3.8) is 0 Å². The fraction of sp³-hybridized carbons (Fsp3) is 0.312. The van der Waals surface area contributed by atoms with Crippen LogP contribution in [0.15, 0.2) is 40.6 Å². The fourth-order valence-corrected chi connectivity index (χ4v) is 5.36. The molecular formula is C16H19NO3S2. The van der Waals surface area contributed by atoms with Gasteiger partial charge in [-0.2, -0.15) is 0 Å². The first-order valence-corrected chi connectivity index (χ1v) is 9.34. The first-order chi connectivity index (χ1) is 10.3. The number of rotatable bonds is 5. The van der Waals surface area contributed by atoms with E-state index in [9.17, 15) is 13.2 Å². The lowest BCUT2D eigenvalue weighted by Gasteiger charge is -2.18. The van der Waals surface area contributed by atoms with Gasteiger partial charge in [-0.1, -0.05) is 18.2 Å². The summed E-state index contributed by atoms with van der Waals surface area (Å²) in [7, 11) is -3.58. The van der Waals surface area contributed by atoms with Crippen molar-refractivity contribution in [3.8, 4) is 0 Å². The number of carbonyl (C=O) groups is 1. The number of aryl methyl sites for hydroxylation is 2. The largest absolute Gasteiger partial charge is 0.355 e. The molecule has 1 aromatic heterocycles. The normalized spacial score (nSPS) is 12.9. The minimum absolute atomic E-state index is 0.0750. The van der Waals surface area contributed by atoms with E-state index in [1.54, 1.807) is 19.1 Å². The minimum atomic E-state index is -3.58. The summed E-state index contributed by atoms with van der Waals surface area (Å²) < 4.78 is 26.1. The second kappa shape index (κ2) is 6.62. The number of nitrogens with one attached hydrogen (secondary N) is 1. The van der Waals surface area contributed by atoms with E-state index in [0.29, 0.717) is 4.90 Å². The van der Waals surface area contributed by atoms with E-state index in [1.165, 1.54) is 18.3 Å². The second-order valence-corrected chi connectivity index (χ2v) is 8.33. The molecule has 1 amide bonds. The summed E-state index contributed by atoms with van der Waals surface area (Å²) in [4.78, 5) is 12.3. The lowest BCUT2D eigenvalue weighted by molar-refractivity contribution is -0.118. The molecule has 118 valence electrons. The lowest BCUT2D eigenvalue weighted by Crippen LogP contribution is -2.30. The molecule has 1 N–H and O–H groups in total. The average molecular weight is 337 g/mol. The maximum Gasteiger partial charge on any atom is 0.216 e. The number of thiophene rings is 1. The van der Waals surface area contributed by atoms with Crippen molar-refractivity contribution < 1.29 is 13.2 Å². The number of carbonyl (C=O) groups excluding carboxylic acids is 1. The van der Waals surface area contributed by atoms with E-state index < -0.39 is 15.1 Å². The fourth-order valence-electron chi connectivity index (χ4n) is 2.24. The van der Waals surface area contributed by atoms with Crippen molar-refractivity contribution >= 4 is 27.1 Å². The van der Waals surface area contributed by atoms with Gasteiger partial charge in [0.1, 0.15) is 5.25 Å². The predicted octanol–water partition coefficient (Wildman–Crippen LogP) is 3.02. The highest BCUT2D eigenvalue weighted by atomic mass is 32.2. The second-order valence-electron chi connectivity index (χ2n) is 5.26. The van der Waals surface area contributed by atoms with E-state index in [1.807, 2.05) is 30.5 Å². The first-order valence-electron chi connectivity index (χ1n) is 6.91. The van der Waals surface area contributed by atoms with Gasteiger partial charge in [0.15, 0.2) is 9.84 Å².